The molecule has 1 N–H and O–H groups in total. The van der Waals surface area contributed by atoms with Crippen LogP contribution in [0, 0.1) is 0 Å². The maximum atomic E-state index is 12.3. The van der Waals surface area contributed by atoms with Gasteiger partial charge < -0.3 is 4.42 Å². The first kappa shape index (κ1) is 19.3. The molecule has 0 unspecified atom stereocenters. The van der Waals surface area contributed by atoms with Crippen LogP contribution in [-0.4, -0.2) is 32.3 Å². The number of pyridine rings is 2. The van der Waals surface area contributed by atoms with Crippen LogP contribution in [0.3, 0.4) is 0 Å². The number of hydrazone groups is 1. The highest BCUT2D eigenvalue weighted by molar-refractivity contribution is 5.95. The topological polar surface area (TPSA) is 106 Å². The Bertz CT molecular complexity index is 1410. The summed E-state index contributed by atoms with van der Waals surface area (Å²) >= 11 is 0. The van der Waals surface area contributed by atoms with Gasteiger partial charge in [0.2, 0.25) is 11.8 Å². The molecule has 0 saturated carbocycles. The van der Waals surface area contributed by atoms with Gasteiger partial charge in [-0.2, -0.15) is 5.10 Å². The zero-order valence-corrected chi connectivity index (χ0v) is 16.7. The zero-order valence-electron chi connectivity index (χ0n) is 16.7. The van der Waals surface area contributed by atoms with E-state index in [-0.39, 0.29) is 5.91 Å². The highest BCUT2D eigenvalue weighted by atomic mass is 16.4. The fraction of sp³-hybridized carbons (Fsp3) is 0. The van der Waals surface area contributed by atoms with Crippen LogP contribution in [0.2, 0.25) is 0 Å². The average Bonchev–Trinajstić information content (AvgIpc) is 3.35. The number of fused-ring (bicyclic) bond motifs is 1. The number of nitrogens with one attached hydrogen (secondary N) is 1. The van der Waals surface area contributed by atoms with Gasteiger partial charge >= 0.3 is 0 Å². The second-order valence-electron chi connectivity index (χ2n) is 6.88. The molecule has 0 atom stereocenters. The third-order valence-corrected chi connectivity index (χ3v) is 4.75. The van der Waals surface area contributed by atoms with E-state index in [1.165, 1.54) is 0 Å². The van der Waals surface area contributed by atoms with Gasteiger partial charge in [0.1, 0.15) is 0 Å². The molecular formula is C24H16N6O2. The Labute approximate surface area is 182 Å². The van der Waals surface area contributed by atoms with Crippen LogP contribution in [0.1, 0.15) is 15.9 Å². The van der Waals surface area contributed by atoms with Crippen LogP contribution >= 0.6 is 0 Å². The lowest BCUT2D eigenvalue weighted by atomic mass is 10.1. The summed E-state index contributed by atoms with van der Waals surface area (Å²) in [5, 5.41) is 13.2. The van der Waals surface area contributed by atoms with E-state index in [1.807, 2.05) is 30.3 Å². The van der Waals surface area contributed by atoms with Gasteiger partial charge in [0.05, 0.1) is 11.7 Å². The number of rotatable bonds is 5. The minimum atomic E-state index is -0.321. The van der Waals surface area contributed by atoms with E-state index in [1.54, 1.807) is 61.2 Å². The van der Waals surface area contributed by atoms with E-state index < -0.39 is 0 Å². The highest BCUT2D eigenvalue weighted by Gasteiger charge is 2.12. The van der Waals surface area contributed by atoms with Crippen molar-refractivity contribution in [2.24, 2.45) is 5.10 Å². The minimum Gasteiger partial charge on any atom is -0.416 e. The molecule has 2 aromatic carbocycles. The Morgan fingerprint density at radius 2 is 1.62 bits per heavy atom. The molecule has 5 aromatic rings. The smallest absolute Gasteiger partial charge is 0.271 e. The Morgan fingerprint density at radius 3 is 2.44 bits per heavy atom. The fourth-order valence-corrected chi connectivity index (χ4v) is 3.11. The highest BCUT2D eigenvalue weighted by Crippen LogP contribution is 2.26. The second kappa shape index (κ2) is 8.57. The molecule has 154 valence electrons. The normalized spacial score (nSPS) is 11.1. The first-order valence-corrected chi connectivity index (χ1v) is 9.79. The number of hydrogen-bond donors (Lipinski definition) is 1. The minimum absolute atomic E-state index is 0.321. The summed E-state index contributed by atoms with van der Waals surface area (Å²) in [6.45, 7) is 0. The van der Waals surface area contributed by atoms with Crippen LogP contribution in [0.4, 0.5) is 0 Å². The van der Waals surface area contributed by atoms with Gasteiger partial charge in [0, 0.05) is 40.7 Å². The molecule has 0 spiro atoms. The van der Waals surface area contributed by atoms with Crippen molar-refractivity contribution >= 4 is 23.0 Å². The van der Waals surface area contributed by atoms with Crippen LogP contribution in [0.15, 0.2) is 94.8 Å². The summed E-state index contributed by atoms with van der Waals surface area (Å²) in [4.78, 5) is 20.5. The predicted octanol–water partition coefficient (Wildman–Crippen LogP) is 4.11. The lowest BCUT2D eigenvalue weighted by Gasteiger charge is -2.01. The summed E-state index contributed by atoms with van der Waals surface area (Å²) in [6.07, 6.45) is 6.62. The summed E-state index contributed by atoms with van der Waals surface area (Å²) in [6, 6.07) is 20.1. The quantitative estimate of drug-likeness (QED) is 0.339. The average molecular weight is 420 g/mol. The van der Waals surface area contributed by atoms with Crippen molar-refractivity contribution in [3.05, 3.63) is 96.4 Å². The SMILES string of the molecule is O=C(N/N=C/c1ccncc1)c1ccc(-c2nnc(-c3ccc4ncccc4c3)o2)cc1. The first-order chi connectivity index (χ1) is 15.8. The van der Waals surface area contributed by atoms with Gasteiger partial charge in [-0.15, -0.1) is 10.2 Å². The molecule has 0 bridgehead atoms. The van der Waals surface area contributed by atoms with Crippen molar-refractivity contribution in [3.8, 4) is 22.9 Å². The van der Waals surface area contributed by atoms with Gasteiger partial charge in [-0.05, 0) is 66.2 Å². The number of hydrogen-bond acceptors (Lipinski definition) is 7. The van der Waals surface area contributed by atoms with Gasteiger partial charge in [-0.3, -0.25) is 14.8 Å². The van der Waals surface area contributed by atoms with E-state index in [4.69, 9.17) is 4.42 Å². The van der Waals surface area contributed by atoms with E-state index in [0.29, 0.717) is 22.9 Å². The summed E-state index contributed by atoms with van der Waals surface area (Å²) in [5.74, 6) is 0.463. The molecule has 32 heavy (non-hydrogen) atoms. The number of carbonyl (C=O) groups is 1. The van der Waals surface area contributed by atoms with Crippen molar-refractivity contribution < 1.29 is 9.21 Å². The van der Waals surface area contributed by atoms with Crippen molar-refractivity contribution in [3.63, 3.8) is 0 Å². The van der Waals surface area contributed by atoms with E-state index in [0.717, 1.165) is 22.0 Å². The largest absolute Gasteiger partial charge is 0.416 e. The third-order valence-electron chi connectivity index (χ3n) is 4.75. The summed E-state index contributed by atoms with van der Waals surface area (Å²) in [5.41, 5.74) is 6.22. The molecule has 0 fully saturated rings. The maximum absolute atomic E-state index is 12.3. The van der Waals surface area contributed by atoms with Crippen LogP contribution < -0.4 is 5.43 Å². The number of benzene rings is 2. The molecule has 1 amide bonds. The van der Waals surface area contributed by atoms with E-state index in [9.17, 15) is 4.79 Å². The molecule has 0 saturated heterocycles. The van der Waals surface area contributed by atoms with Gasteiger partial charge in [-0.1, -0.05) is 6.07 Å². The van der Waals surface area contributed by atoms with Crippen molar-refractivity contribution in [2.45, 2.75) is 0 Å². The Kier molecular flexibility index (Phi) is 5.15. The molecule has 0 radical (unpaired) electrons. The maximum Gasteiger partial charge on any atom is 0.271 e. The van der Waals surface area contributed by atoms with E-state index >= 15 is 0 Å². The third kappa shape index (κ3) is 4.10. The number of aromatic nitrogens is 4. The first-order valence-electron chi connectivity index (χ1n) is 9.79. The fourth-order valence-electron chi connectivity index (χ4n) is 3.11. The van der Waals surface area contributed by atoms with Crippen molar-refractivity contribution in [1.82, 2.24) is 25.6 Å². The van der Waals surface area contributed by atoms with Crippen LogP contribution in [-0.2, 0) is 0 Å². The molecule has 3 aromatic heterocycles. The molecule has 0 aliphatic heterocycles. The number of carbonyl (C=O) groups excluding carboxylic acids is 1. The predicted molar refractivity (Wildman–Crippen MR) is 120 cm³/mol. The number of amides is 1. The second-order valence-corrected chi connectivity index (χ2v) is 6.88. The zero-order chi connectivity index (χ0) is 21.8. The van der Waals surface area contributed by atoms with Gasteiger partial charge in [0.25, 0.3) is 5.91 Å². The molecule has 0 aliphatic rings. The lowest BCUT2D eigenvalue weighted by molar-refractivity contribution is 0.0955. The summed E-state index contributed by atoms with van der Waals surface area (Å²) in [7, 11) is 0. The molecular weight excluding hydrogens is 404 g/mol. The van der Waals surface area contributed by atoms with Crippen LogP contribution in [0.5, 0.6) is 0 Å². The monoisotopic (exact) mass is 420 g/mol. The molecule has 8 nitrogen and oxygen atoms in total. The molecule has 3 heterocycles. The van der Waals surface area contributed by atoms with Crippen LogP contribution in [0.25, 0.3) is 33.8 Å². The molecule has 8 heteroatoms. The van der Waals surface area contributed by atoms with Gasteiger partial charge in [0.15, 0.2) is 0 Å². The Balaban J connectivity index is 1.29. The molecule has 0 aliphatic carbocycles. The van der Waals surface area contributed by atoms with Crippen molar-refractivity contribution in [1.29, 1.82) is 0 Å². The standard InChI is InChI=1S/C24H16N6O2/c31-22(28-27-15-16-9-12-25-13-10-16)17-3-5-18(6-4-17)23-29-30-24(32-23)20-7-8-21-19(14-20)2-1-11-26-21/h1-15H,(H,28,31)/b27-15+. The van der Waals surface area contributed by atoms with Gasteiger partial charge in [-0.25, -0.2) is 5.43 Å². The number of nitrogens with zero attached hydrogens (tertiary/aromatic N) is 5. The lowest BCUT2D eigenvalue weighted by Crippen LogP contribution is -2.17. The van der Waals surface area contributed by atoms with E-state index in [2.05, 4.69) is 30.7 Å². The Hall–Kier alpha value is -4.72. The molecule has 5 rings (SSSR count). The van der Waals surface area contributed by atoms with Crippen molar-refractivity contribution in [2.75, 3.05) is 0 Å². The Morgan fingerprint density at radius 1 is 0.875 bits per heavy atom. The summed E-state index contributed by atoms with van der Waals surface area (Å²) < 4.78 is 5.85.